The van der Waals surface area contributed by atoms with Crippen molar-refractivity contribution in [2.24, 2.45) is 5.73 Å². The molecule has 1 heterocycles. The maximum absolute atomic E-state index is 5.88. The van der Waals surface area contributed by atoms with Crippen LogP contribution in [0.1, 0.15) is 30.9 Å². The molecule has 0 aliphatic carbocycles. The third kappa shape index (κ3) is 2.82. The van der Waals surface area contributed by atoms with E-state index in [1.165, 1.54) is 0 Å². The molecule has 74 valence electrons. The lowest BCUT2D eigenvalue weighted by molar-refractivity contribution is 0.187. The lowest BCUT2D eigenvalue weighted by atomic mass is 10.2. The van der Waals surface area contributed by atoms with Gasteiger partial charge in [-0.15, -0.1) is 0 Å². The van der Waals surface area contributed by atoms with Crippen molar-refractivity contribution in [3.05, 3.63) is 17.7 Å². The number of aromatic amines is 1. The fourth-order valence-electron chi connectivity index (χ4n) is 1.13. The highest BCUT2D eigenvalue weighted by atomic mass is 16.5. The Labute approximate surface area is 78.5 Å². The minimum atomic E-state index is -0.0414. The molecule has 1 aromatic heterocycles. The van der Waals surface area contributed by atoms with Gasteiger partial charge < -0.3 is 15.5 Å². The first-order valence-corrected chi connectivity index (χ1v) is 4.56. The van der Waals surface area contributed by atoms with Crippen LogP contribution in [0, 0.1) is 0 Å². The molecule has 0 radical (unpaired) electrons. The fourth-order valence-corrected chi connectivity index (χ4v) is 1.13. The summed E-state index contributed by atoms with van der Waals surface area (Å²) in [7, 11) is 1.67. The summed E-state index contributed by atoms with van der Waals surface area (Å²) in [4.78, 5) is 7.38. The van der Waals surface area contributed by atoms with Crippen LogP contribution in [-0.4, -0.2) is 23.7 Å². The number of aromatic nitrogens is 2. The summed E-state index contributed by atoms with van der Waals surface area (Å²) in [6.07, 6.45) is 3.60. The molecule has 0 fully saturated rings. The Hall–Kier alpha value is -0.870. The average Bonchev–Trinajstić information content (AvgIpc) is 2.62. The van der Waals surface area contributed by atoms with Gasteiger partial charge in [-0.25, -0.2) is 4.98 Å². The van der Waals surface area contributed by atoms with Crippen LogP contribution in [-0.2, 0) is 11.2 Å². The fraction of sp³-hybridized carbons (Fsp3) is 0.667. The van der Waals surface area contributed by atoms with Crippen LogP contribution in [0.4, 0.5) is 0 Å². The number of H-pyrrole nitrogens is 1. The Bertz CT molecular complexity index is 247. The minimum Gasteiger partial charge on any atom is -0.385 e. The lowest BCUT2D eigenvalue weighted by Gasteiger charge is -2.06. The Morgan fingerprint density at radius 1 is 1.69 bits per heavy atom. The van der Waals surface area contributed by atoms with E-state index in [9.17, 15) is 0 Å². The summed E-state index contributed by atoms with van der Waals surface area (Å²) < 4.78 is 4.95. The van der Waals surface area contributed by atoms with E-state index < -0.39 is 0 Å². The van der Waals surface area contributed by atoms with Crippen LogP contribution >= 0.6 is 0 Å². The quantitative estimate of drug-likeness (QED) is 0.716. The Kier molecular flexibility index (Phi) is 3.92. The van der Waals surface area contributed by atoms with Crippen LogP contribution in [0.15, 0.2) is 6.20 Å². The summed E-state index contributed by atoms with van der Waals surface area (Å²) in [5.41, 5.74) is 7.00. The molecule has 0 aromatic carbocycles. The molecule has 3 N–H and O–H groups in total. The molecule has 0 saturated heterocycles. The number of nitrogens with one attached hydrogen (secondary N) is 1. The Morgan fingerprint density at radius 3 is 3.00 bits per heavy atom. The van der Waals surface area contributed by atoms with Crippen LogP contribution in [0.3, 0.4) is 0 Å². The van der Waals surface area contributed by atoms with Crippen molar-refractivity contribution >= 4 is 0 Å². The van der Waals surface area contributed by atoms with Crippen LogP contribution in [0.5, 0.6) is 0 Å². The number of aryl methyl sites for hydroxylation is 1. The van der Waals surface area contributed by atoms with Crippen molar-refractivity contribution in [1.29, 1.82) is 0 Å². The van der Waals surface area contributed by atoms with Crippen molar-refractivity contribution in [2.45, 2.75) is 25.8 Å². The summed E-state index contributed by atoms with van der Waals surface area (Å²) in [5.74, 6) is 0.855. The molecular weight excluding hydrogens is 166 g/mol. The molecule has 1 aromatic rings. The largest absolute Gasteiger partial charge is 0.385 e. The number of nitrogens with two attached hydrogens (primary N) is 1. The summed E-state index contributed by atoms with van der Waals surface area (Å²) >= 11 is 0. The van der Waals surface area contributed by atoms with E-state index in [1.54, 1.807) is 7.11 Å². The summed E-state index contributed by atoms with van der Waals surface area (Å²) in [6, 6.07) is -0.0414. The van der Waals surface area contributed by atoms with Gasteiger partial charge in [0, 0.05) is 25.6 Å². The molecule has 0 aliphatic heterocycles. The van der Waals surface area contributed by atoms with Crippen LogP contribution < -0.4 is 5.73 Å². The summed E-state index contributed by atoms with van der Waals surface area (Å²) in [6.45, 7) is 2.75. The van der Waals surface area contributed by atoms with Gasteiger partial charge in [-0.2, -0.15) is 0 Å². The number of nitrogens with zero attached hydrogens (tertiary/aromatic N) is 1. The van der Waals surface area contributed by atoms with E-state index in [-0.39, 0.29) is 6.04 Å². The van der Waals surface area contributed by atoms with Crippen molar-refractivity contribution < 1.29 is 4.74 Å². The van der Waals surface area contributed by atoms with E-state index in [0.717, 1.165) is 24.4 Å². The first-order valence-electron chi connectivity index (χ1n) is 4.56. The van der Waals surface area contributed by atoms with Gasteiger partial charge in [0.05, 0.1) is 6.04 Å². The third-order valence-electron chi connectivity index (χ3n) is 2.01. The van der Waals surface area contributed by atoms with Crippen molar-refractivity contribution in [3.8, 4) is 0 Å². The third-order valence-corrected chi connectivity index (χ3v) is 2.01. The number of ether oxygens (including phenoxy) is 1. The molecule has 1 atom stereocenters. The van der Waals surface area contributed by atoms with Crippen molar-refractivity contribution in [1.82, 2.24) is 9.97 Å². The minimum absolute atomic E-state index is 0.0414. The van der Waals surface area contributed by atoms with E-state index >= 15 is 0 Å². The second kappa shape index (κ2) is 4.99. The Morgan fingerprint density at radius 2 is 2.46 bits per heavy atom. The highest BCUT2D eigenvalue weighted by Gasteiger charge is 2.08. The molecular formula is C9H17N3O. The highest BCUT2D eigenvalue weighted by molar-refractivity contribution is 5.03. The number of methoxy groups -OCH3 is 1. The second-order valence-corrected chi connectivity index (χ2v) is 3.04. The van der Waals surface area contributed by atoms with Gasteiger partial charge in [0.15, 0.2) is 0 Å². The monoisotopic (exact) mass is 183 g/mol. The van der Waals surface area contributed by atoms with Gasteiger partial charge in [-0.3, -0.25) is 0 Å². The molecule has 0 aliphatic rings. The van der Waals surface area contributed by atoms with Gasteiger partial charge in [-0.1, -0.05) is 6.92 Å². The Balaban J connectivity index is 2.50. The molecule has 13 heavy (non-hydrogen) atoms. The number of hydrogen-bond acceptors (Lipinski definition) is 3. The molecule has 1 unspecified atom stereocenters. The molecule has 1 rings (SSSR count). The highest BCUT2D eigenvalue weighted by Crippen LogP contribution is 2.10. The van der Waals surface area contributed by atoms with Crippen molar-refractivity contribution in [3.63, 3.8) is 0 Å². The first-order chi connectivity index (χ1) is 6.27. The first kappa shape index (κ1) is 10.2. The SMILES string of the molecule is CCc1cnc(C(N)CCOC)[nH]1. The number of hydrogen-bond donors (Lipinski definition) is 2. The van der Waals surface area contributed by atoms with Crippen molar-refractivity contribution in [2.75, 3.05) is 13.7 Å². The molecule has 4 heteroatoms. The smallest absolute Gasteiger partial charge is 0.123 e. The molecule has 4 nitrogen and oxygen atoms in total. The molecule has 0 bridgehead atoms. The lowest BCUT2D eigenvalue weighted by Crippen LogP contribution is -2.14. The van der Waals surface area contributed by atoms with Crippen LogP contribution in [0.25, 0.3) is 0 Å². The normalized spacial score (nSPS) is 13.2. The molecule has 0 amide bonds. The topological polar surface area (TPSA) is 63.9 Å². The second-order valence-electron chi connectivity index (χ2n) is 3.04. The van der Waals surface area contributed by atoms with E-state index in [0.29, 0.717) is 6.61 Å². The van der Waals surface area contributed by atoms with Gasteiger partial charge in [-0.05, 0) is 12.8 Å². The predicted molar refractivity (Wildman–Crippen MR) is 51.4 cm³/mol. The van der Waals surface area contributed by atoms with E-state index in [4.69, 9.17) is 10.5 Å². The number of rotatable bonds is 5. The van der Waals surface area contributed by atoms with Gasteiger partial charge in [0.1, 0.15) is 5.82 Å². The standard InChI is InChI=1S/C9H17N3O/c1-3-7-6-11-9(12-7)8(10)4-5-13-2/h6,8H,3-5,10H2,1-2H3,(H,11,12). The van der Waals surface area contributed by atoms with Gasteiger partial charge in [0.25, 0.3) is 0 Å². The maximum Gasteiger partial charge on any atom is 0.123 e. The zero-order valence-electron chi connectivity index (χ0n) is 8.21. The van der Waals surface area contributed by atoms with Gasteiger partial charge >= 0.3 is 0 Å². The predicted octanol–water partition coefficient (Wildman–Crippen LogP) is 1.01. The molecule has 0 saturated carbocycles. The zero-order valence-corrected chi connectivity index (χ0v) is 8.21. The maximum atomic E-state index is 5.88. The van der Waals surface area contributed by atoms with Crippen LogP contribution in [0.2, 0.25) is 0 Å². The van der Waals surface area contributed by atoms with E-state index in [1.807, 2.05) is 6.20 Å². The zero-order chi connectivity index (χ0) is 9.68. The summed E-state index contributed by atoms with van der Waals surface area (Å²) in [5, 5.41) is 0. The number of imidazole rings is 1. The van der Waals surface area contributed by atoms with Gasteiger partial charge in [0.2, 0.25) is 0 Å². The van der Waals surface area contributed by atoms with E-state index in [2.05, 4.69) is 16.9 Å². The molecule has 0 spiro atoms. The average molecular weight is 183 g/mol.